The summed E-state index contributed by atoms with van der Waals surface area (Å²) in [5.41, 5.74) is 3.78. The van der Waals surface area contributed by atoms with E-state index in [9.17, 15) is 13.2 Å². The fourth-order valence-corrected chi connectivity index (χ4v) is 3.21. The van der Waals surface area contributed by atoms with Gasteiger partial charge < -0.3 is 0 Å². The number of amides is 1. The monoisotopic (exact) mass is 409 g/mol. The second-order valence-corrected chi connectivity index (χ2v) is 7.56. The summed E-state index contributed by atoms with van der Waals surface area (Å²) in [7, 11) is -3.72. The Balaban J connectivity index is 1.93. The molecule has 0 spiro atoms. The quantitative estimate of drug-likeness (QED) is 0.566. The van der Waals surface area contributed by atoms with Crippen molar-refractivity contribution in [2.75, 3.05) is 6.54 Å². The van der Waals surface area contributed by atoms with E-state index in [4.69, 9.17) is 0 Å². The summed E-state index contributed by atoms with van der Waals surface area (Å²) in [4.78, 5) is 11.9. The van der Waals surface area contributed by atoms with Gasteiger partial charge in [-0.15, -0.1) is 0 Å². The summed E-state index contributed by atoms with van der Waals surface area (Å²) in [5, 5.41) is 3.97. The van der Waals surface area contributed by atoms with E-state index in [1.165, 1.54) is 12.1 Å². The Kier molecular flexibility index (Phi) is 6.24. The summed E-state index contributed by atoms with van der Waals surface area (Å²) in [5.74, 6) is -0.552. The van der Waals surface area contributed by atoms with Gasteiger partial charge in [0.15, 0.2) is 0 Å². The molecule has 6 nitrogen and oxygen atoms in total. The van der Waals surface area contributed by atoms with Crippen LogP contribution in [0, 0.1) is 0 Å². The predicted octanol–water partition coefficient (Wildman–Crippen LogP) is 2.27. The molecule has 0 unspecified atom stereocenters. The van der Waals surface area contributed by atoms with E-state index in [-0.39, 0.29) is 4.90 Å². The molecule has 0 saturated heterocycles. The number of hydrogen-bond acceptors (Lipinski definition) is 4. The minimum Gasteiger partial charge on any atom is -0.272 e. The van der Waals surface area contributed by atoms with Crippen LogP contribution in [0.2, 0.25) is 0 Å². The highest BCUT2D eigenvalue weighted by Crippen LogP contribution is 2.12. The third-order valence-electron chi connectivity index (χ3n) is 3.07. The highest BCUT2D eigenvalue weighted by molar-refractivity contribution is 9.10. The zero-order valence-corrected chi connectivity index (χ0v) is 15.3. The summed E-state index contributed by atoms with van der Waals surface area (Å²) in [6.07, 6.45) is 0. The number of carbonyl (C=O) groups is 1. The van der Waals surface area contributed by atoms with Gasteiger partial charge >= 0.3 is 0 Å². The van der Waals surface area contributed by atoms with Crippen molar-refractivity contribution in [3.05, 3.63) is 64.6 Å². The smallest absolute Gasteiger partial charge is 0.255 e. The molecular formula is C16H16BrN3O3S. The Morgan fingerprint density at radius 3 is 2.50 bits per heavy atom. The maximum Gasteiger partial charge on any atom is 0.255 e. The molecule has 0 heterocycles. The molecule has 0 aliphatic carbocycles. The lowest BCUT2D eigenvalue weighted by molar-refractivity contribution is -0.119. The molecule has 2 aromatic carbocycles. The molecule has 0 fully saturated rings. The largest absolute Gasteiger partial charge is 0.272 e. The second kappa shape index (κ2) is 8.18. The van der Waals surface area contributed by atoms with Gasteiger partial charge in [-0.2, -0.15) is 5.10 Å². The number of hydrogen-bond donors (Lipinski definition) is 2. The first-order valence-corrected chi connectivity index (χ1v) is 9.30. The van der Waals surface area contributed by atoms with E-state index in [1.54, 1.807) is 25.1 Å². The number of nitrogens with zero attached hydrogens (tertiary/aromatic N) is 1. The zero-order valence-electron chi connectivity index (χ0n) is 12.9. The van der Waals surface area contributed by atoms with Gasteiger partial charge in [0.2, 0.25) is 10.0 Å². The SMILES string of the molecule is C/C(=N/NC(=O)CNS(=O)(=O)c1ccccc1)c1cccc(Br)c1. The number of sulfonamides is 1. The van der Waals surface area contributed by atoms with Crippen molar-refractivity contribution in [1.82, 2.24) is 10.1 Å². The Bertz CT molecular complexity index is 852. The maximum absolute atomic E-state index is 12.0. The number of halogens is 1. The Hall–Kier alpha value is -2.03. The van der Waals surface area contributed by atoms with Crippen molar-refractivity contribution in [1.29, 1.82) is 0 Å². The number of hydrazone groups is 1. The van der Waals surface area contributed by atoms with Crippen LogP contribution in [0.4, 0.5) is 0 Å². The van der Waals surface area contributed by atoms with Crippen molar-refractivity contribution in [2.24, 2.45) is 5.10 Å². The van der Waals surface area contributed by atoms with Crippen LogP contribution in [-0.4, -0.2) is 26.6 Å². The minimum absolute atomic E-state index is 0.103. The third kappa shape index (κ3) is 5.26. The van der Waals surface area contributed by atoms with Gasteiger partial charge in [-0.05, 0) is 36.8 Å². The molecular weight excluding hydrogens is 394 g/mol. The van der Waals surface area contributed by atoms with Gasteiger partial charge in [0, 0.05) is 4.47 Å². The van der Waals surface area contributed by atoms with Crippen molar-refractivity contribution in [3.8, 4) is 0 Å². The molecule has 2 aromatic rings. The molecule has 126 valence electrons. The molecule has 0 atom stereocenters. The van der Waals surface area contributed by atoms with Crippen molar-refractivity contribution in [3.63, 3.8) is 0 Å². The van der Waals surface area contributed by atoms with Crippen LogP contribution in [0.1, 0.15) is 12.5 Å². The molecule has 0 saturated carbocycles. The molecule has 0 aliphatic heterocycles. The van der Waals surface area contributed by atoms with Crippen LogP contribution >= 0.6 is 15.9 Å². The van der Waals surface area contributed by atoms with E-state index >= 15 is 0 Å². The number of rotatable bonds is 6. The van der Waals surface area contributed by atoms with E-state index < -0.39 is 22.5 Å². The molecule has 2 rings (SSSR count). The van der Waals surface area contributed by atoms with E-state index in [0.29, 0.717) is 5.71 Å². The number of nitrogens with one attached hydrogen (secondary N) is 2. The van der Waals surface area contributed by atoms with E-state index in [0.717, 1.165) is 10.0 Å². The molecule has 8 heteroatoms. The lowest BCUT2D eigenvalue weighted by atomic mass is 10.1. The standard InChI is InChI=1S/C16H16BrN3O3S/c1-12(13-6-5-7-14(17)10-13)19-20-16(21)11-18-24(22,23)15-8-3-2-4-9-15/h2-10,18H,11H2,1H3,(H,20,21)/b19-12-. The fraction of sp³-hybridized carbons (Fsp3) is 0.125. The molecule has 24 heavy (non-hydrogen) atoms. The highest BCUT2D eigenvalue weighted by atomic mass is 79.9. The predicted molar refractivity (Wildman–Crippen MR) is 96.1 cm³/mol. The van der Waals surface area contributed by atoms with Crippen LogP contribution in [0.15, 0.2) is 69.1 Å². The normalized spacial score (nSPS) is 12.0. The second-order valence-electron chi connectivity index (χ2n) is 4.88. The molecule has 1 amide bonds. The Morgan fingerprint density at radius 1 is 1.12 bits per heavy atom. The topological polar surface area (TPSA) is 87.6 Å². The van der Waals surface area contributed by atoms with Gasteiger partial charge in [0.05, 0.1) is 17.2 Å². The van der Waals surface area contributed by atoms with Gasteiger partial charge in [0.25, 0.3) is 5.91 Å². The molecule has 0 bridgehead atoms. The van der Waals surface area contributed by atoms with Gasteiger partial charge in [-0.1, -0.05) is 46.3 Å². The van der Waals surface area contributed by atoms with Crippen molar-refractivity contribution < 1.29 is 13.2 Å². The summed E-state index contributed by atoms with van der Waals surface area (Å²) in [6.45, 7) is 1.35. The number of carbonyl (C=O) groups excluding carboxylic acids is 1. The summed E-state index contributed by atoms with van der Waals surface area (Å²) >= 11 is 3.36. The Morgan fingerprint density at radius 2 is 1.83 bits per heavy atom. The van der Waals surface area contributed by atoms with Gasteiger partial charge in [0.1, 0.15) is 0 Å². The molecule has 0 aliphatic rings. The van der Waals surface area contributed by atoms with Crippen LogP contribution in [0.25, 0.3) is 0 Å². The highest BCUT2D eigenvalue weighted by Gasteiger charge is 2.14. The van der Waals surface area contributed by atoms with E-state index in [2.05, 4.69) is 31.2 Å². The van der Waals surface area contributed by atoms with E-state index in [1.807, 2.05) is 24.3 Å². The van der Waals surface area contributed by atoms with Gasteiger partial charge in [-0.3, -0.25) is 4.79 Å². The number of benzene rings is 2. The average Bonchev–Trinajstić information content (AvgIpc) is 2.58. The summed E-state index contributed by atoms with van der Waals surface area (Å²) in [6, 6.07) is 15.3. The van der Waals surface area contributed by atoms with Crippen molar-refractivity contribution >= 4 is 37.6 Å². The van der Waals surface area contributed by atoms with Crippen LogP contribution < -0.4 is 10.1 Å². The summed E-state index contributed by atoms with van der Waals surface area (Å²) < 4.78 is 27.1. The Labute approximate surface area is 149 Å². The van der Waals surface area contributed by atoms with Crippen LogP contribution in [0.3, 0.4) is 0 Å². The molecule has 0 radical (unpaired) electrons. The third-order valence-corrected chi connectivity index (χ3v) is 4.98. The maximum atomic E-state index is 12.0. The average molecular weight is 410 g/mol. The first-order valence-electron chi connectivity index (χ1n) is 7.02. The molecule has 0 aromatic heterocycles. The van der Waals surface area contributed by atoms with Crippen molar-refractivity contribution in [2.45, 2.75) is 11.8 Å². The lowest BCUT2D eigenvalue weighted by Crippen LogP contribution is -2.35. The molecule has 2 N–H and O–H groups in total. The lowest BCUT2D eigenvalue weighted by Gasteiger charge is -2.06. The van der Waals surface area contributed by atoms with Crippen LogP contribution in [0.5, 0.6) is 0 Å². The minimum atomic E-state index is -3.72. The first kappa shape index (κ1) is 18.3. The zero-order chi connectivity index (χ0) is 17.6. The fourth-order valence-electron chi connectivity index (χ4n) is 1.81. The van der Waals surface area contributed by atoms with Crippen LogP contribution in [-0.2, 0) is 14.8 Å². The first-order chi connectivity index (χ1) is 11.4. The van der Waals surface area contributed by atoms with Gasteiger partial charge in [-0.25, -0.2) is 18.6 Å².